The number of pyridine rings is 1. The molecule has 0 aromatic carbocycles. The zero-order valence-electron chi connectivity index (χ0n) is 11.6. The molecule has 2 rings (SSSR count). The molecule has 5 nitrogen and oxygen atoms in total. The van der Waals surface area contributed by atoms with Gasteiger partial charge in [0.25, 0.3) is 0 Å². The van der Waals surface area contributed by atoms with Crippen molar-refractivity contribution < 1.29 is 0 Å². The van der Waals surface area contributed by atoms with Crippen LogP contribution in [0, 0.1) is 6.92 Å². The summed E-state index contributed by atoms with van der Waals surface area (Å²) in [5.74, 6) is 0.984. The molecule has 18 heavy (non-hydrogen) atoms. The molecule has 2 aromatic heterocycles. The third-order valence-corrected chi connectivity index (χ3v) is 3.34. The average molecular weight is 247 g/mol. The monoisotopic (exact) mass is 247 g/mol. The third-order valence-electron chi connectivity index (χ3n) is 3.34. The fourth-order valence-electron chi connectivity index (χ4n) is 2.32. The van der Waals surface area contributed by atoms with Crippen LogP contribution < -0.4 is 10.6 Å². The first-order chi connectivity index (χ1) is 8.62. The van der Waals surface area contributed by atoms with Crippen LogP contribution in [0.1, 0.15) is 25.1 Å². The standard InChI is InChI=1S/C13H21N5/c1-5-18(6-2)12-10(8-14)7-11-9(3)16-17(4)13(11)15-12/h7H,5-6,8,14H2,1-4H3. The SMILES string of the molecule is CCN(CC)c1nc2c(cc1CN)c(C)nn2C. The van der Waals surface area contributed by atoms with Crippen molar-refractivity contribution in [1.82, 2.24) is 14.8 Å². The summed E-state index contributed by atoms with van der Waals surface area (Å²) < 4.78 is 1.83. The van der Waals surface area contributed by atoms with Gasteiger partial charge in [-0.2, -0.15) is 5.10 Å². The maximum atomic E-state index is 5.85. The van der Waals surface area contributed by atoms with Gasteiger partial charge in [-0.25, -0.2) is 4.98 Å². The number of aryl methyl sites for hydroxylation is 2. The van der Waals surface area contributed by atoms with Crippen LogP contribution in [0.2, 0.25) is 0 Å². The first kappa shape index (κ1) is 12.8. The van der Waals surface area contributed by atoms with Gasteiger partial charge in [-0.05, 0) is 26.8 Å². The highest BCUT2D eigenvalue weighted by molar-refractivity contribution is 5.81. The maximum absolute atomic E-state index is 5.85. The summed E-state index contributed by atoms with van der Waals surface area (Å²) in [7, 11) is 1.93. The molecule has 0 aliphatic rings. The second-order valence-electron chi connectivity index (χ2n) is 4.43. The molecule has 2 heterocycles. The van der Waals surface area contributed by atoms with Gasteiger partial charge in [0, 0.05) is 37.6 Å². The molecule has 2 N–H and O–H groups in total. The third kappa shape index (κ3) is 1.95. The zero-order chi connectivity index (χ0) is 13.3. The second-order valence-corrected chi connectivity index (χ2v) is 4.43. The van der Waals surface area contributed by atoms with E-state index in [-0.39, 0.29) is 0 Å². The van der Waals surface area contributed by atoms with Crippen molar-refractivity contribution in [3.05, 3.63) is 17.3 Å². The van der Waals surface area contributed by atoms with E-state index in [9.17, 15) is 0 Å². The van der Waals surface area contributed by atoms with Gasteiger partial charge in [0.15, 0.2) is 5.65 Å². The van der Waals surface area contributed by atoms with Gasteiger partial charge in [-0.15, -0.1) is 0 Å². The number of rotatable bonds is 4. The van der Waals surface area contributed by atoms with E-state index in [0.717, 1.165) is 41.2 Å². The number of nitrogens with zero attached hydrogens (tertiary/aromatic N) is 4. The Hall–Kier alpha value is -1.62. The zero-order valence-corrected chi connectivity index (χ0v) is 11.6. The van der Waals surface area contributed by atoms with Crippen molar-refractivity contribution in [3.8, 4) is 0 Å². The van der Waals surface area contributed by atoms with Crippen molar-refractivity contribution in [2.45, 2.75) is 27.3 Å². The van der Waals surface area contributed by atoms with Gasteiger partial charge in [-0.3, -0.25) is 4.68 Å². The smallest absolute Gasteiger partial charge is 0.160 e. The lowest BCUT2D eigenvalue weighted by Gasteiger charge is -2.22. The summed E-state index contributed by atoms with van der Waals surface area (Å²) in [6, 6.07) is 2.12. The molecule has 0 unspecified atom stereocenters. The molecule has 0 fully saturated rings. The van der Waals surface area contributed by atoms with E-state index < -0.39 is 0 Å². The van der Waals surface area contributed by atoms with Crippen molar-refractivity contribution in [2.75, 3.05) is 18.0 Å². The Balaban J connectivity index is 2.68. The highest BCUT2D eigenvalue weighted by Gasteiger charge is 2.14. The summed E-state index contributed by atoms with van der Waals surface area (Å²) in [6.45, 7) is 8.62. The Morgan fingerprint density at radius 3 is 2.56 bits per heavy atom. The Morgan fingerprint density at radius 2 is 2.00 bits per heavy atom. The molecule has 0 aliphatic heterocycles. The lowest BCUT2D eigenvalue weighted by Crippen LogP contribution is -2.25. The highest BCUT2D eigenvalue weighted by atomic mass is 15.3. The van der Waals surface area contributed by atoms with Crippen LogP contribution in [-0.4, -0.2) is 27.9 Å². The minimum absolute atomic E-state index is 0.503. The molecule has 2 aromatic rings. The number of aromatic nitrogens is 3. The fourth-order valence-corrected chi connectivity index (χ4v) is 2.32. The second kappa shape index (κ2) is 4.94. The lowest BCUT2D eigenvalue weighted by molar-refractivity contribution is 0.768. The molecule has 0 radical (unpaired) electrons. The number of fused-ring (bicyclic) bond motifs is 1. The van der Waals surface area contributed by atoms with Crippen LogP contribution in [-0.2, 0) is 13.6 Å². The van der Waals surface area contributed by atoms with Crippen LogP contribution in [0.3, 0.4) is 0 Å². The summed E-state index contributed by atoms with van der Waals surface area (Å²) in [6.07, 6.45) is 0. The van der Waals surface area contributed by atoms with Crippen LogP contribution in [0.5, 0.6) is 0 Å². The summed E-state index contributed by atoms with van der Waals surface area (Å²) in [5, 5.41) is 5.50. The van der Waals surface area contributed by atoms with Crippen molar-refractivity contribution in [1.29, 1.82) is 0 Å². The molecule has 0 saturated heterocycles. The Labute approximate surface area is 108 Å². The largest absolute Gasteiger partial charge is 0.357 e. The van der Waals surface area contributed by atoms with E-state index in [4.69, 9.17) is 10.7 Å². The predicted octanol–water partition coefficient (Wildman–Crippen LogP) is 1.58. The van der Waals surface area contributed by atoms with Crippen LogP contribution >= 0.6 is 0 Å². The number of nitrogens with two attached hydrogens (primary N) is 1. The first-order valence-electron chi connectivity index (χ1n) is 6.40. The molecule has 0 aliphatic carbocycles. The summed E-state index contributed by atoms with van der Waals surface area (Å²) in [4.78, 5) is 6.98. The Kier molecular flexibility index (Phi) is 3.52. The molecule has 0 saturated carbocycles. The van der Waals surface area contributed by atoms with Crippen LogP contribution in [0.4, 0.5) is 5.82 Å². The summed E-state index contributed by atoms with van der Waals surface area (Å²) in [5.41, 5.74) is 8.86. The fraction of sp³-hybridized carbons (Fsp3) is 0.538. The van der Waals surface area contributed by atoms with Crippen molar-refractivity contribution in [2.24, 2.45) is 12.8 Å². The van der Waals surface area contributed by atoms with Crippen molar-refractivity contribution in [3.63, 3.8) is 0 Å². The van der Waals surface area contributed by atoms with Gasteiger partial charge < -0.3 is 10.6 Å². The van der Waals surface area contributed by atoms with E-state index in [2.05, 4.69) is 29.9 Å². The van der Waals surface area contributed by atoms with Gasteiger partial charge in [-0.1, -0.05) is 0 Å². The highest BCUT2D eigenvalue weighted by Crippen LogP contribution is 2.24. The van der Waals surface area contributed by atoms with Gasteiger partial charge in [0.05, 0.1) is 5.69 Å². The molecule has 0 spiro atoms. The minimum Gasteiger partial charge on any atom is -0.357 e. The van der Waals surface area contributed by atoms with Gasteiger partial charge in [0.1, 0.15) is 5.82 Å². The first-order valence-corrected chi connectivity index (χ1v) is 6.40. The quantitative estimate of drug-likeness (QED) is 0.891. The average Bonchev–Trinajstić information content (AvgIpc) is 2.65. The molecular weight excluding hydrogens is 226 g/mol. The van der Waals surface area contributed by atoms with E-state index in [1.807, 2.05) is 18.7 Å². The minimum atomic E-state index is 0.503. The number of hydrogen-bond acceptors (Lipinski definition) is 4. The Morgan fingerprint density at radius 1 is 1.33 bits per heavy atom. The van der Waals surface area contributed by atoms with Gasteiger partial charge >= 0.3 is 0 Å². The van der Waals surface area contributed by atoms with Crippen molar-refractivity contribution >= 4 is 16.9 Å². The lowest BCUT2D eigenvalue weighted by atomic mass is 10.1. The molecule has 0 amide bonds. The molecule has 98 valence electrons. The number of hydrogen-bond donors (Lipinski definition) is 1. The normalized spacial score (nSPS) is 11.2. The van der Waals surface area contributed by atoms with E-state index in [1.165, 1.54) is 0 Å². The molecule has 0 atom stereocenters. The van der Waals surface area contributed by atoms with E-state index in [0.29, 0.717) is 6.54 Å². The topological polar surface area (TPSA) is 60.0 Å². The van der Waals surface area contributed by atoms with Gasteiger partial charge in [0.2, 0.25) is 0 Å². The van der Waals surface area contributed by atoms with Crippen LogP contribution in [0.25, 0.3) is 11.0 Å². The Bertz CT molecular complexity index is 554. The molecule has 0 bridgehead atoms. The van der Waals surface area contributed by atoms with Crippen LogP contribution in [0.15, 0.2) is 6.07 Å². The predicted molar refractivity (Wildman–Crippen MR) is 74.7 cm³/mol. The summed E-state index contributed by atoms with van der Waals surface area (Å²) >= 11 is 0. The molecule has 5 heteroatoms. The maximum Gasteiger partial charge on any atom is 0.160 e. The molecular formula is C13H21N5. The van der Waals surface area contributed by atoms with E-state index >= 15 is 0 Å². The van der Waals surface area contributed by atoms with E-state index in [1.54, 1.807) is 0 Å². The number of anilines is 1.